The third-order valence-corrected chi connectivity index (χ3v) is 4.15. The summed E-state index contributed by atoms with van der Waals surface area (Å²) in [6.07, 6.45) is 1.96. The van der Waals surface area contributed by atoms with Gasteiger partial charge >= 0.3 is 5.97 Å². The van der Waals surface area contributed by atoms with Gasteiger partial charge in [-0.2, -0.15) is 0 Å². The number of hydrogen-bond donors (Lipinski definition) is 1. The summed E-state index contributed by atoms with van der Waals surface area (Å²) >= 11 is 0. The standard InChI is InChI=1S/C20H23NO3/c1-20(19(23)24-2,15-9-12-16-10-5-3-6-11-16)18(22)21-17-13-7-4-8-14-17/h3-8,10-11,13-14H,9,12,15H2,1-2H3,(H,21,22)/t20-/m1/s1. The number of para-hydroxylation sites is 1. The van der Waals surface area contributed by atoms with Crippen LogP contribution in [0.3, 0.4) is 0 Å². The molecular formula is C20H23NO3. The largest absolute Gasteiger partial charge is 0.468 e. The first-order chi connectivity index (χ1) is 11.6. The molecule has 0 fully saturated rings. The molecule has 1 atom stereocenters. The molecule has 4 heteroatoms. The minimum Gasteiger partial charge on any atom is -0.468 e. The van der Waals surface area contributed by atoms with E-state index in [0.717, 1.165) is 12.8 Å². The minimum atomic E-state index is -1.21. The first kappa shape index (κ1) is 17.7. The second-order valence-corrected chi connectivity index (χ2v) is 5.98. The number of nitrogens with one attached hydrogen (secondary N) is 1. The number of methoxy groups -OCH3 is 1. The van der Waals surface area contributed by atoms with E-state index in [4.69, 9.17) is 4.74 Å². The Hall–Kier alpha value is -2.62. The predicted molar refractivity (Wildman–Crippen MR) is 94.6 cm³/mol. The number of ether oxygens (including phenoxy) is 1. The summed E-state index contributed by atoms with van der Waals surface area (Å²) < 4.78 is 4.88. The van der Waals surface area contributed by atoms with Crippen LogP contribution >= 0.6 is 0 Å². The molecular weight excluding hydrogens is 302 g/mol. The number of benzene rings is 2. The van der Waals surface area contributed by atoms with E-state index in [1.54, 1.807) is 19.1 Å². The van der Waals surface area contributed by atoms with Gasteiger partial charge in [-0.1, -0.05) is 48.5 Å². The predicted octanol–water partition coefficient (Wildman–Crippen LogP) is 3.83. The van der Waals surface area contributed by atoms with Gasteiger partial charge in [-0.05, 0) is 43.9 Å². The number of rotatable bonds is 7. The van der Waals surface area contributed by atoms with Crippen molar-refractivity contribution < 1.29 is 14.3 Å². The zero-order chi connectivity index (χ0) is 17.4. The summed E-state index contributed by atoms with van der Waals surface area (Å²) in [7, 11) is 1.31. The van der Waals surface area contributed by atoms with Crippen molar-refractivity contribution in [2.45, 2.75) is 26.2 Å². The minimum absolute atomic E-state index is 0.339. The van der Waals surface area contributed by atoms with Crippen LogP contribution in [0.15, 0.2) is 60.7 Å². The van der Waals surface area contributed by atoms with E-state index < -0.39 is 11.4 Å². The third-order valence-electron chi connectivity index (χ3n) is 4.15. The molecule has 0 saturated carbocycles. The average Bonchev–Trinajstić information content (AvgIpc) is 2.62. The van der Waals surface area contributed by atoms with Gasteiger partial charge in [-0.15, -0.1) is 0 Å². The van der Waals surface area contributed by atoms with Crippen molar-refractivity contribution in [1.82, 2.24) is 0 Å². The van der Waals surface area contributed by atoms with Gasteiger partial charge in [0.1, 0.15) is 5.41 Å². The van der Waals surface area contributed by atoms with Crippen molar-refractivity contribution in [3.63, 3.8) is 0 Å². The molecule has 0 unspecified atom stereocenters. The molecule has 0 saturated heterocycles. The Balaban J connectivity index is 2.04. The lowest BCUT2D eigenvalue weighted by Crippen LogP contribution is -2.41. The number of esters is 1. The first-order valence-corrected chi connectivity index (χ1v) is 8.05. The van der Waals surface area contributed by atoms with E-state index >= 15 is 0 Å². The van der Waals surface area contributed by atoms with Crippen LogP contribution in [0.5, 0.6) is 0 Å². The van der Waals surface area contributed by atoms with E-state index in [9.17, 15) is 9.59 Å². The molecule has 4 nitrogen and oxygen atoms in total. The van der Waals surface area contributed by atoms with Crippen LogP contribution in [-0.2, 0) is 20.7 Å². The Labute approximate surface area is 142 Å². The number of amides is 1. The van der Waals surface area contributed by atoms with Gasteiger partial charge in [0.25, 0.3) is 0 Å². The van der Waals surface area contributed by atoms with Crippen molar-refractivity contribution in [1.29, 1.82) is 0 Å². The fourth-order valence-electron chi connectivity index (χ4n) is 2.61. The molecule has 2 aromatic carbocycles. The quantitative estimate of drug-likeness (QED) is 0.622. The summed E-state index contributed by atoms with van der Waals surface area (Å²) in [6, 6.07) is 19.1. The Kier molecular flexibility index (Phi) is 6.13. The fourth-order valence-corrected chi connectivity index (χ4v) is 2.61. The number of hydrogen-bond acceptors (Lipinski definition) is 3. The molecule has 0 spiro atoms. The van der Waals surface area contributed by atoms with E-state index in [0.29, 0.717) is 12.1 Å². The smallest absolute Gasteiger partial charge is 0.321 e. The maximum absolute atomic E-state index is 12.7. The molecule has 0 heterocycles. The molecule has 2 aromatic rings. The molecule has 0 aliphatic heterocycles. The van der Waals surface area contributed by atoms with Gasteiger partial charge in [-0.3, -0.25) is 9.59 Å². The van der Waals surface area contributed by atoms with Crippen molar-refractivity contribution in [3.05, 3.63) is 66.2 Å². The molecule has 2 rings (SSSR count). The van der Waals surface area contributed by atoms with Crippen LogP contribution in [-0.4, -0.2) is 19.0 Å². The van der Waals surface area contributed by atoms with Crippen LogP contribution in [0, 0.1) is 5.41 Å². The van der Waals surface area contributed by atoms with Gasteiger partial charge in [-0.25, -0.2) is 0 Å². The molecule has 0 aliphatic carbocycles. The molecule has 126 valence electrons. The maximum atomic E-state index is 12.7. The lowest BCUT2D eigenvalue weighted by molar-refractivity contribution is -0.156. The van der Waals surface area contributed by atoms with E-state index in [-0.39, 0.29) is 5.91 Å². The second kappa shape index (κ2) is 8.29. The SMILES string of the molecule is COC(=O)[C@](C)(CCCc1ccccc1)C(=O)Nc1ccccc1. The monoisotopic (exact) mass is 325 g/mol. The highest BCUT2D eigenvalue weighted by atomic mass is 16.5. The first-order valence-electron chi connectivity index (χ1n) is 8.05. The second-order valence-electron chi connectivity index (χ2n) is 5.98. The molecule has 0 radical (unpaired) electrons. The Morgan fingerprint density at radius 3 is 2.17 bits per heavy atom. The Morgan fingerprint density at radius 2 is 1.58 bits per heavy atom. The number of anilines is 1. The third kappa shape index (κ3) is 4.44. The summed E-state index contributed by atoms with van der Waals surface area (Å²) in [6.45, 7) is 1.64. The van der Waals surface area contributed by atoms with Crippen molar-refractivity contribution in [3.8, 4) is 0 Å². The summed E-state index contributed by atoms with van der Waals surface area (Å²) in [5.41, 5.74) is 0.646. The highest BCUT2D eigenvalue weighted by Crippen LogP contribution is 2.28. The van der Waals surface area contributed by atoms with Gasteiger partial charge in [0, 0.05) is 5.69 Å². The molecule has 0 aliphatic rings. The number of carbonyl (C=O) groups excluding carboxylic acids is 2. The van der Waals surface area contributed by atoms with Crippen LogP contribution in [0.1, 0.15) is 25.3 Å². The molecule has 0 aromatic heterocycles. The zero-order valence-electron chi connectivity index (χ0n) is 14.1. The topological polar surface area (TPSA) is 55.4 Å². The zero-order valence-corrected chi connectivity index (χ0v) is 14.1. The highest BCUT2D eigenvalue weighted by molar-refractivity contribution is 6.08. The van der Waals surface area contributed by atoms with Crippen molar-refractivity contribution in [2.75, 3.05) is 12.4 Å². The van der Waals surface area contributed by atoms with E-state index in [1.165, 1.54) is 12.7 Å². The van der Waals surface area contributed by atoms with Crippen LogP contribution in [0.2, 0.25) is 0 Å². The summed E-state index contributed by atoms with van der Waals surface area (Å²) in [5.74, 6) is -0.849. The molecule has 24 heavy (non-hydrogen) atoms. The fraction of sp³-hybridized carbons (Fsp3) is 0.300. The van der Waals surface area contributed by atoms with E-state index in [2.05, 4.69) is 5.32 Å². The normalized spacial score (nSPS) is 12.9. The van der Waals surface area contributed by atoms with Crippen molar-refractivity contribution in [2.24, 2.45) is 5.41 Å². The van der Waals surface area contributed by atoms with Crippen molar-refractivity contribution >= 4 is 17.6 Å². The molecule has 1 amide bonds. The molecule has 1 N–H and O–H groups in total. The summed E-state index contributed by atoms with van der Waals surface area (Å²) in [5, 5.41) is 2.81. The van der Waals surface area contributed by atoms with Gasteiger partial charge in [0.2, 0.25) is 5.91 Å². The Morgan fingerprint density at radius 1 is 1.00 bits per heavy atom. The lowest BCUT2D eigenvalue weighted by Gasteiger charge is -2.25. The van der Waals surface area contributed by atoms with Gasteiger partial charge in [0.15, 0.2) is 0 Å². The van der Waals surface area contributed by atoms with Crippen LogP contribution in [0.25, 0.3) is 0 Å². The van der Waals surface area contributed by atoms with Crippen LogP contribution in [0.4, 0.5) is 5.69 Å². The highest BCUT2D eigenvalue weighted by Gasteiger charge is 2.41. The average molecular weight is 325 g/mol. The Bertz CT molecular complexity index is 670. The van der Waals surface area contributed by atoms with Gasteiger partial charge in [0.05, 0.1) is 7.11 Å². The number of carbonyl (C=O) groups is 2. The summed E-state index contributed by atoms with van der Waals surface area (Å²) in [4.78, 5) is 24.9. The lowest BCUT2D eigenvalue weighted by atomic mass is 9.83. The maximum Gasteiger partial charge on any atom is 0.321 e. The van der Waals surface area contributed by atoms with Crippen LogP contribution < -0.4 is 5.32 Å². The molecule has 0 bridgehead atoms. The van der Waals surface area contributed by atoms with Gasteiger partial charge < -0.3 is 10.1 Å². The number of aryl methyl sites for hydroxylation is 1. The van der Waals surface area contributed by atoms with E-state index in [1.807, 2.05) is 48.5 Å².